The molecule has 0 aromatic carbocycles. The number of rotatable bonds is 0. The summed E-state index contributed by atoms with van der Waals surface area (Å²) in [6.07, 6.45) is 8.69. The summed E-state index contributed by atoms with van der Waals surface area (Å²) in [5.41, 5.74) is 0.886. The van der Waals surface area contributed by atoms with Crippen LogP contribution in [0.1, 0.15) is 60.8 Å². The number of allylic oxidation sites excluding steroid dienone is 2. The minimum atomic E-state index is 0.437. The monoisotopic (exact) mass is 208 g/mol. The molecule has 0 saturated heterocycles. The van der Waals surface area contributed by atoms with Crippen molar-refractivity contribution < 1.29 is 0 Å². The van der Waals surface area contributed by atoms with Gasteiger partial charge in [-0.15, -0.1) is 0 Å². The summed E-state index contributed by atoms with van der Waals surface area (Å²) < 4.78 is 0. The van der Waals surface area contributed by atoms with Crippen molar-refractivity contribution in [1.82, 2.24) is 0 Å². The summed E-state index contributed by atoms with van der Waals surface area (Å²) in [4.78, 5) is 0. The van der Waals surface area contributed by atoms with Crippen LogP contribution in [0.2, 0.25) is 0 Å². The SMILES string of the molecule is CC(C)(C)[C@H]1CC=CCC[C@@H]1C(C)(C)C. The average Bonchev–Trinajstić information content (AvgIpc) is 2.24. The molecule has 15 heavy (non-hydrogen) atoms. The van der Waals surface area contributed by atoms with Crippen molar-refractivity contribution in [3.8, 4) is 0 Å². The molecule has 0 unspecified atom stereocenters. The van der Waals surface area contributed by atoms with Gasteiger partial charge >= 0.3 is 0 Å². The van der Waals surface area contributed by atoms with Crippen LogP contribution in [0.3, 0.4) is 0 Å². The van der Waals surface area contributed by atoms with E-state index in [0.29, 0.717) is 10.8 Å². The van der Waals surface area contributed by atoms with Gasteiger partial charge in [0.2, 0.25) is 0 Å². The van der Waals surface area contributed by atoms with Crippen LogP contribution in [0.15, 0.2) is 12.2 Å². The van der Waals surface area contributed by atoms with Crippen LogP contribution < -0.4 is 0 Å². The van der Waals surface area contributed by atoms with Gasteiger partial charge in [-0.1, -0.05) is 53.7 Å². The quantitative estimate of drug-likeness (QED) is 0.489. The van der Waals surface area contributed by atoms with Crippen LogP contribution in [-0.4, -0.2) is 0 Å². The highest BCUT2D eigenvalue weighted by Crippen LogP contribution is 2.46. The molecule has 0 saturated carbocycles. The topological polar surface area (TPSA) is 0 Å². The first kappa shape index (κ1) is 12.8. The van der Waals surface area contributed by atoms with E-state index in [1.807, 2.05) is 0 Å². The lowest BCUT2D eigenvalue weighted by molar-refractivity contribution is 0.0694. The van der Waals surface area contributed by atoms with Crippen molar-refractivity contribution in [2.45, 2.75) is 60.8 Å². The Hall–Kier alpha value is -0.260. The first-order chi connectivity index (χ1) is 6.73. The molecule has 0 fully saturated rings. The van der Waals surface area contributed by atoms with E-state index in [0.717, 1.165) is 11.8 Å². The van der Waals surface area contributed by atoms with Crippen LogP contribution in [0.25, 0.3) is 0 Å². The standard InChI is InChI=1S/C15H28/c1-14(2,3)12-10-8-7-9-11-13(12)15(4,5)6/h7-8,12-13H,9-11H2,1-6H3/t12-,13-/m0/s1. The molecule has 88 valence electrons. The second kappa shape index (κ2) is 4.31. The molecule has 0 spiro atoms. The van der Waals surface area contributed by atoms with Gasteiger partial charge in [0.1, 0.15) is 0 Å². The van der Waals surface area contributed by atoms with Crippen LogP contribution >= 0.6 is 0 Å². The summed E-state index contributed by atoms with van der Waals surface area (Å²) in [5.74, 6) is 1.68. The lowest BCUT2D eigenvalue weighted by Crippen LogP contribution is -2.35. The number of hydrogen-bond acceptors (Lipinski definition) is 0. The van der Waals surface area contributed by atoms with Crippen molar-refractivity contribution >= 4 is 0 Å². The average molecular weight is 208 g/mol. The zero-order chi connectivity index (χ0) is 11.7. The van der Waals surface area contributed by atoms with Crippen molar-refractivity contribution in [3.63, 3.8) is 0 Å². The summed E-state index contributed by atoms with van der Waals surface area (Å²) in [7, 11) is 0. The summed E-state index contributed by atoms with van der Waals surface area (Å²) in [6.45, 7) is 14.4. The van der Waals surface area contributed by atoms with Crippen LogP contribution in [0, 0.1) is 22.7 Å². The second-order valence-electron chi connectivity index (χ2n) is 7.23. The molecule has 0 aromatic heterocycles. The van der Waals surface area contributed by atoms with Gasteiger partial charge in [0.25, 0.3) is 0 Å². The first-order valence-corrected chi connectivity index (χ1v) is 6.38. The molecule has 2 atom stereocenters. The maximum atomic E-state index is 2.40. The Bertz CT molecular complexity index is 221. The van der Waals surface area contributed by atoms with Gasteiger partial charge in [-0.2, -0.15) is 0 Å². The van der Waals surface area contributed by atoms with Gasteiger partial charge in [-0.05, 0) is 41.9 Å². The van der Waals surface area contributed by atoms with E-state index >= 15 is 0 Å². The molecule has 0 heterocycles. The fourth-order valence-electron chi connectivity index (χ4n) is 3.00. The lowest BCUT2D eigenvalue weighted by atomic mass is 9.62. The molecule has 0 N–H and O–H groups in total. The van der Waals surface area contributed by atoms with Crippen molar-refractivity contribution in [2.24, 2.45) is 22.7 Å². The lowest BCUT2D eigenvalue weighted by Gasteiger charge is -2.43. The summed E-state index contributed by atoms with van der Waals surface area (Å²) >= 11 is 0. The molecular formula is C15H28. The first-order valence-electron chi connectivity index (χ1n) is 6.38. The summed E-state index contributed by atoms with van der Waals surface area (Å²) in [6, 6.07) is 0. The smallest absolute Gasteiger partial charge is 0.0297 e. The van der Waals surface area contributed by atoms with E-state index in [1.165, 1.54) is 19.3 Å². The van der Waals surface area contributed by atoms with Crippen LogP contribution in [-0.2, 0) is 0 Å². The maximum absolute atomic E-state index is 2.40. The summed E-state index contributed by atoms with van der Waals surface area (Å²) in [5, 5.41) is 0. The second-order valence-corrected chi connectivity index (χ2v) is 7.23. The van der Waals surface area contributed by atoms with Gasteiger partial charge in [0.05, 0.1) is 0 Å². The Balaban J connectivity index is 2.91. The van der Waals surface area contributed by atoms with Crippen LogP contribution in [0.4, 0.5) is 0 Å². The van der Waals surface area contributed by atoms with Gasteiger partial charge in [0, 0.05) is 0 Å². The third kappa shape index (κ3) is 3.36. The van der Waals surface area contributed by atoms with E-state index in [4.69, 9.17) is 0 Å². The fourth-order valence-corrected chi connectivity index (χ4v) is 3.00. The van der Waals surface area contributed by atoms with Crippen molar-refractivity contribution in [1.29, 1.82) is 0 Å². The highest BCUT2D eigenvalue weighted by molar-refractivity contribution is 4.97. The fraction of sp³-hybridized carbons (Fsp3) is 0.867. The van der Waals surface area contributed by atoms with Gasteiger partial charge in [-0.3, -0.25) is 0 Å². The van der Waals surface area contributed by atoms with E-state index in [1.54, 1.807) is 0 Å². The highest BCUT2D eigenvalue weighted by atomic mass is 14.4. The molecule has 0 aliphatic heterocycles. The molecule has 0 nitrogen and oxygen atoms in total. The molecule has 1 aliphatic carbocycles. The molecule has 0 aromatic rings. The molecule has 1 rings (SSSR count). The minimum absolute atomic E-state index is 0.437. The maximum Gasteiger partial charge on any atom is -0.0297 e. The number of hydrogen-bond donors (Lipinski definition) is 0. The largest absolute Gasteiger partial charge is 0.0885 e. The Labute approximate surface area is 96.2 Å². The van der Waals surface area contributed by atoms with Gasteiger partial charge < -0.3 is 0 Å². The third-order valence-corrected chi connectivity index (χ3v) is 3.91. The Morgan fingerprint density at radius 2 is 1.33 bits per heavy atom. The molecule has 0 bridgehead atoms. The molecular weight excluding hydrogens is 180 g/mol. The highest BCUT2D eigenvalue weighted by Gasteiger charge is 2.37. The van der Waals surface area contributed by atoms with E-state index in [9.17, 15) is 0 Å². The predicted molar refractivity (Wildman–Crippen MR) is 68.9 cm³/mol. The predicted octanol–water partition coefficient (Wildman–Crippen LogP) is 5.05. The zero-order valence-electron chi connectivity index (χ0n) is 11.4. The van der Waals surface area contributed by atoms with Crippen LogP contribution in [0.5, 0.6) is 0 Å². The molecule has 1 aliphatic rings. The Morgan fingerprint density at radius 1 is 0.800 bits per heavy atom. The van der Waals surface area contributed by atoms with Crippen molar-refractivity contribution in [2.75, 3.05) is 0 Å². The molecule has 0 amide bonds. The Kier molecular flexibility index (Phi) is 3.68. The van der Waals surface area contributed by atoms with E-state index < -0.39 is 0 Å². The minimum Gasteiger partial charge on any atom is -0.0885 e. The van der Waals surface area contributed by atoms with Gasteiger partial charge in [-0.25, -0.2) is 0 Å². The van der Waals surface area contributed by atoms with E-state index in [2.05, 4.69) is 53.7 Å². The Morgan fingerprint density at radius 3 is 1.80 bits per heavy atom. The van der Waals surface area contributed by atoms with Crippen molar-refractivity contribution in [3.05, 3.63) is 12.2 Å². The van der Waals surface area contributed by atoms with Gasteiger partial charge in [0.15, 0.2) is 0 Å². The third-order valence-electron chi connectivity index (χ3n) is 3.91. The normalized spacial score (nSPS) is 28.9. The molecule has 0 radical (unpaired) electrons. The zero-order valence-corrected chi connectivity index (χ0v) is 11.4. The molecule has 0 heteroatoms. The van der Waals surface area contributed by atoms with E-state index in [-0.39, 0.29) is 0 Å².